The van der Waals surface area contributed by atoms with Crippen molar-refractivity contribution < 1.29 is 0 Å². The van der Waals surface area contributed by atoms with Crippen molar-refractivity contribution in [3.63, 3.8) is 0 Å². The van der Waals surface area contributed by atoms with Crippen LogP contribution in [-0.4, -0.2) is 49.1 Å². The molecule has 0 aliphatic rings. The first-order valence-corrected chi connectivity index (χ1v) is 7.85. The quantitative estimate of drug-likeness (QED) is 0.673. The van der Waals surface area contributed by atoms with Crippen molar-refractivity contribution in [2.45, 2.75) is 46.2 Å². The summed E-state index contributed by atoms with van der Waals surface area (Å²) in [6, 6.07) is 1.33. The van der Waals surface area contributed by atoms with Crippen molar-refractivity contribution in [2.24, 2.45) is 5.92 Å². The maximum absolute atomic E-state index is 3.47. The van der Waals surface area contributed by atoms with E-state index in [1.807, 2.05) is 11.8 Å². The first-order valence-electron chi connectivity index (χ1n) is 6.46. The number of rotatable bonds is 9. The molecule has 0 aromatic rings. The maximum atomic E-state index is 3.47. The lowest BCUT2D eigenvalue weighted by Gasteiger charge is -2.36. The van der Waals surface area contributed by atoms with Crippen LogP contribution in [0.2, 0.25) is 0 Å². The second-order valence-corrected chi connectivity index (χ2v) is 5.90. The summed E-state index contributed by atoms with van der Waals surface area (Å²) in [5, 5.41) is 3.47. The molecule has 0 radical (unpaired) electrons. The van der Waals surface area contributed by atoms with Crippen molar-refractivity contribution in [2.75, 3.05) is 32.1 Å². The first-order chi connectivity index (χ1) is 7.54. The molecule has 3 heteroatoms. The van der Waals surface area contributed by atoms with Crippen molar-refractivity contribution in [3.8, 4) is 0 Å². The van der Waals surface area contributed by atoms with Gasteiger partial charge in [0.15, 0.2) is 0 Å². The highest BCUT2D eigenvalue weighted by atomic mass is 32.2. The van der Waals surface area contributed by atoms with Gasteiger partial charge < -0.3 is 5.32 Å². The molecule has 0 amide bonds. The molecule has 0 aliphatic carbocycles. The zero-order valence-electron chi connectivity index (χ0n) is 11.9. The van der Waals surface area contributed by atoms with Crippen LogP contribution in [0.4, 0.5) is 0 Å². The molecule has 0 fully saturated rings. The second kappa shape index (κ2) is 9.32. The van der Waals surface area contributed by atoms with Crippen LogP contribution in [0.1, 0.15) is 34.1 Å². The maximum Gasteiger partial charge on any atom is 0.0243 e. The Hall–Kier alpha value is 0.270. The van der Waals surface area contributed by atoms with E-state index in [0.717, 1.165) is 13.1 Å². The molecule has 0 bridgehead atoms. The predicted molar refractivity (Wildman–Crippen MR) is 77.4 cm³/mol. The summed E-state index contributed by atoms with van der Waals surface area (Å²) in [4.78, 5) is 2.55. The van der Waals surface area contributed by atoms with Crippen molar-refractivity contribution in [3.05, 3.63) is 0 Å². The summed E-state index contributed by atoms with van der Waals surface area (Å²) in [5.74, 6) is 1.97. The van der Waals surface area contributed by atoms with Gasteiger partial charge in [-0.3, -0.25) is 4.90 Å². The highest BCUT2D eigenvalue weighted by Crippen LogP contribution is 2.14. The van der Waals surface area contributed by atoms with Crippen LogP contribution in [0, 0.1) is 5.92 Å². The molecule has 98 valence electrons. The zero-order valence-corrected chi connectivity index (χ0v) is 12.7. The molecule has 0 spiro atoms. The standard InChI is InChI=1S/C13H30N2S/c1-7-14-10-13(11(2)3)15(5)12(4)8-9-16-6/h11-14H,7-10H2,1-6H3. The van der Waals surface area contributed by atoms with Gasteiger partial charge in [-0.15, -0.1) is 0 Å². The Kier molecular flexibility index (Phi) is 9.47. The lowest BCUT2D eigenvalue weighted by Crippen LogP contribution is -2.47. The molecule has 2 atom stereocenters. The molecular formula is C13H30N2S. The van der Waals surface area contributed by atoms with Crippen molar-refractivity contribution >= 4 is 11.8 Å². The van der Waals surface area contributed by atoms with Gasteiger partial charge in [-0.2, -0.15) is 11.8 Å². The van der Waals surface area contributed by atoms with E-state index in [-0.39, 0.29) is 0 Å². The average molecular weight is 246 g/mol. The first kappa shape index (κ1) is 16.3. The van der Waals surface area contributed by atoms with Crippen LogP contribution in [-0.2, 0) is 0 Å². The normalized spacial score (nSPS) is 15.8. The lowest BCUT2D eigenvalue weighted by atomic mass is 10.0. The molecule has 0 aromatic heterocycles. The Morgan fingerprint density at radius 2 is 1.88 bits per heavy atom. The Morgan fingerprint density at radius 3 is 2.31 bits per heavy atom. The molecule has 0 aromatic carbocycles. The topological polar surface area (TPSA) is 15.3 Å². The Labute approximate surface area is 107 Å². The van der Waals surface area contributed by atoms with E-state index in [9.17, 15) is 0 Å². The summed E-state index contributed by atoms with van der Waals surface area (Å²) >= 11 is 1.94. The molecule has 2 unspecified atom stereocenters. The van der Waals surface area contributed by atoms with Gasteiger partial charge in [0, 0.05) is 18.6 Å². The number of thioether (sulfide) groups is 1. The van der Waals surface area contributed by atoms with E-state index < -0.39 is 0 Å². The number of hydrogen-bond acceptors (Lipinski definition) is 3. The molecule has 2 nitrogen and oxygen atoms in total. The van der Waals surface area contributed by atoms with Crippen LogP contribution >= 0.6 is 11.8 Å². The van der Waals surface area contributed by atoms with Gasteiger partial charge >= 0.3 is 0 Å². The molecule has 0 saturated heterocycles. The minimum absolute atomic E-state index is 0.650. The van der Waals surface area contributed by atoms with Crippen LogP contribution in [0.15, 0.2) is 0 Å². The molecule has 0 heterocycles. The van der Waals surface area contributed by atoms with E-state index in [1.165, 1.54) is 12.2 Å². The minimum atomic E-state index is 0.650. The molecule has 0 saturated carbocycles. The Bertz CT molecular complexity index is 162. The average Bonchev–Trinajstić information content (AvgIpc) is 2.25. The third kappa shape index (κ3) is 6.12. The van der Waals surface area contributed by atoms with Gasteiger partial charge in [0.25, 0.3) is 0 Å². The summed E-state index contributed by atoms with van der Waals surface area (Å²) in [6.45, 7) is 11.3. The van der Waals surface area contributed by atoms with Crippen LogP contribution < -0.4 is 5.32 Å². The largest absolute Gasteiger partial charge is 0.315 e. The minimum Gasteiger partial charge on any atom is -0.315 e. The molecule has 0 rings (SSSR count). The van der Waals surface area contributed by atoms with Crippen molar-refractivity contribution in [1.29, 1.82) is 0 Å². The van der Waals surface area contributed by atoms with Crippen LogP contribution in [0.3, 0.4) is 0 Å². The molecule has 16 heavy (non-hydrogen) atoms. The third-order valence-corrected chi connectivity index (χ3v) is 3.98. The molecule has 1 N–H and O–H groups in total. The zero-order chi connectivity index (χ0) is 12.6. The third-order valence-electron chi connectivity index (χ3n) is 3.33. The molecular weight excluding hydrogens is 216 g/mol. The fraction of sp³-hybridized carbons (Fsp3) is 1.00. The van der Waals surface area contributed by atoms with E-state index in [4.69, 9.17) is 0 Å². The fourth-order valence-corrected chi connectivity index (χ4v) is 2.54. The number of hydrogen-bond donors (Lipinski definition) is 1. The predicted octanol–water partition coefficient (Wildman–Crippen LogP) is 2.69. The lowest BCUT2D eigenvalue weighted by molar-refractivity contribution is 0.140. The summed E-state index contributed by atoms with van der Waals surface area (Å²) in [5.41, 5.74) is 0. The summed E-state index contributed by atoms with van der Waals surface area (Å²) in [6.07, 6.45) is 3.47. The second-order valence-electron chi connectivity index (χ2n) is 4.92. The highest BCUT2D eigenvalue weighted by molar-refractivity contribution is 7.98. The summed E-state index contributed by atoms with van der Waals surface area (Å²) < 4.78 is 0. The van der Waals surface area contributed by atoms with Gasteiger partial charge in [-0.25, -0.2) is 0 Å². The summed E-state index contributed by atoms with van der Waals surface area (Å²) in [7, 11) is 2.27. The smallest absolute Gasteiger partial charge is 0.0243 e. The van der Waals surface area contributed by atoms with Gasteiger partial charge in [-0.05, 0) is 44.9 Å². The monoisotopic (exact) mass is 246 g/mol. The van der Waals surface area contributed by atoms with Crippen molar-refractivity contribution in [1.82, 2.24) is 10.2 Å². The van der Waals surface area contributed by atoms with E-state index in [2.05, 4.69) is 51.2 Å². The van der Waals surface area contributed by atoms with Crippen LogP contribution in [0.25, 0.3) is 0 Å². The number of nitrogens with zero attached hydrogens (tertiary/aromatic N) is 1. The van der Waals surface area contributed by atoms with Gasteiger partial charge in [0.1, 0.15) is 0 Å². The van der Waals surface area contributed by atoms with E-state index >= 15 is 0 Å². The highest BCUT2D eigenvalue weighted by Gasteiger charge is 2.21. The number of nitrogens with one attached hydrogen (secondary N) is 1. The fourth-order valence-electron chi connectivity index (χ4n) is 1.96. The number of likely N-dealkylation sites (N-methyl/N-ethyl adjacent to an activating group) is 2. The SMILES string of the molecule is CCNCC(C(C)C)N(C)C(C)CCSC. The van der Waals surface area contributed by atoms with Crippen LogP contribution in [0.5, 0.6) is 0 Å². The van der Waals surface area contributed by atoms with E-state index in [0.29, 0.717) is 18.0 Å². The van der Waals surface area contributed by atoms with Gasteiger partial charge in [0.2, 0.25) is 0 Å². The van der Waals surface area contributed by atoms with Gasteiger partial charge in [-0.1, -0.05) is 20.8 Å². The Morgan fingerprint density at radius 1 is 1.25 bits per heavy atom. The molecule has 0 aliphatic heterocycles. The van der Waals surface area contributed by atoms with Gasteiger partial charge in [0.05, 0.1) is 0 Å². The van der Waals surface area contributed by atoms with E-state index in [1.54, 1.807) is 0 Å². The Balaban J connectivity index is 4.18.